The van der Waals surface area contributed by atoms with Gasteiger partial charge in [-0.3, -0.25) is 0 Å². The zero-order valence-corrected chi connectivity index (χ0v) is 2.96. The molecule has 0 aromatic rings. The van der Waals surface area contributed by atoms with E-state index in [4.69, 9.17) is 15.3 Å². The minimum absolute atomic E-state index is 1.17. The van der Waals surface area contributed by atoms with Crippen molar-refractivity contribution in [2.24, 2.45) is 0 Å². The first-order chi connectivity index (χ1) is 2.56. The Labute approximate surface area is 34.3 Å². The van der Waals surface area contributed by atoms with Crippen molar-refractivity contribution >= 4 is 0 Å². The van der Waals surface area contributed by atoms with E-state index < -0.39 is 12.6 Å². The monoisotopic (exact) mass is 93.0 g/mol. The highest BCUT2D eigenvalue weighted by molar-refractivity contribution is 4.34. The molecule has 0 saturated heterocycles. The molecule has 0 unspecified atom stereocenters. The van der Waals surface area contributed by atoms with Crippen molar-refractivity contribution < 1.29 is 20.4 Å². The van der Waals surface area contributed by atoms with E-state index in [1.165, 1.54) is 0 Å². The molecule has 3 N–H and O–H groups in total. The second-order valence-electron chi connectivity index (χ2n) is 0.901. The van der Waals surface area contributed by atoms with Gasteiger partial charge in [0.25, 0.3) is 0 Å². The van der Waals surface area contributed by atoms with Crippen LogP contribution in [0, 0.1) is 0 Å². The van der Waals surface area contributed by atoms with Gasteiger partial charge in [0, 0.05) is 0 Å². The van der Waals surface area contributed by atoms with E-state index in [1.807, 2.05) is 0 Å². The van der Waals surface area contributed by atoms with Crippen LogP contribution in [0.15, 0.2) is 0 Å². The lowest BCUT2D eigenvalue weighted by Crippen LogP contribution is -2.29. The van der Waals surface area contributed by atoms with Gasteiger partial charge in [-0.15, -0.1) is 0 Å². The first kappa shape index (κ1) is 5.84. The molecule has 0 aliphatic carbocycles. The second-order valence-corrected chi connectivity index (χ2v) is 0.901. The van der Waals surface area contributed by atoms with Gasteiger partial charge in [-0.25, -0.2) is 0 Å². The average Bonchev–Trinajstić information content (AvgIpc) is 1.35. The Hall–Kier alpha value is -0.160. The Morgan fingerprint density at radius 2 is 1.67 bits per heavy atom. The number of rotatable bonds is 1. The summed E-state index contributed by atoms with van der Waals surface area (Å²) in [4.78, 5) is 0. The summed E-state index contributed by atoms with van der Waals surface area (Å²) in [5, 5.41) is 32.1. The SMILES string of the molecule is [O]C(O)(O)CO. The summed E-state index contributed by atoms with van der Waals surface area (Å²) in [5.74, 6) is -3.15. The van der Waals surface area contributed by atoms with Gasteiger partial charge < -0.3 is 15.3 Å². The lowest BCUT2D eigenvalue weighted by molar-refractivity contribution is -0.357. The standard InChI is InChI=1S/C2H5O4/c3-1-2(4,5)6/h3-5H,1H2. The summed E-state index contributed by atoms with van der Waals surface area (Å²) < 4.78 is 0. The molecule has 0 fully saturated rings. The molecule has 6 heavy (non-hydrogen) atoms. The fourth-order valence-corrected chi connectivity index (χ4v) is 0. The van der Waals surface area contributed by atoms with Crippen LogP contribution in [0.2, 0.25) is 0 Å². The lowest BCUT2D eigenvalue weighted by atomic mass is 10.6. The van der Waals surface area contributed by atoms with Gasteiger partial charge in [-0.05, 0) is 0 Å². The molecule has 0 aromatic carbocycles. The quantitative estimate of drug-likeness (QED) is 0.329. The first-order valence-electron chi connectivity index (χ1n) is 1.32. The van der Waals surface area contributed by atoms with Crippen LogP contribution in [-0.4, -0.2) is 27.9 Å². The average molecular weight is 93.1 g/mol. The summed E-state index contributed by atoms with van der Waals surface area (Å²) in [5.41, 5.74) is 0. The minimum atomic E-state index is -3.15. The summed E-state index contributed by atoms with van der Waals surface area (Å²) in [7, 11) is 0. The van der Waals surface area contributed by atoms with Crippen molar-refractivity contribution in [2.75, 3.05) is 6.61 Å². The maximum Gasteiger partial charge on any atom is 0.331 e. The predicted molar refractivity (Wildman–Crippen MR) is 14.9 cm³/mol. The molecular weight excluding hydrogens is 88.0 g/mol. The molecule has 37 valence electrons. The third-order valence-electron chi connectivity index (χ3n) is 0.206. The van der Waals surface area contributed by atoms with Crippen molar-refractivity contribution in [1.82, 2.24) is 0 Å². The first-order valence-corrected chi connectivity index (χ1v) is 1.32. The highest BCUT2D eigenvalue weighted by Gasteiger charge is 2.17. The van der Waals surface area contributed by atoms with Crippen LogP contribution in [0.4, 0.5) is 0 Å². The zero-order valence-electron chi connectivity index (χ0n) is 2.96. The molecule has 0 atom stereocenters. The molecule has 4 nitrogen and oxygen atoms in total. The highest BCUT2D eigenvalue weighted by Crippen LogP contribution is 1.86. The number of aliphatic hydroxyl groups is 3. The number of aliphatic hydroxyl groups excluding tert-OH is 1. The molecular formula is C2H5O4. The Morgan fingerprint density at radius 3 is 1.67 bits per heavy atom. The van der Waals surface area contributed by atoms with Crippen LogP contribution in [0.25, 0.3) is 0 Å². The van der Waals surface area contributed by atoms with Crippen molar-refractivity contribution in [3.63, 3.8) is 0 Å². The van der Waals surface area contributed by atoms with Gasteiger partial charge in [0.2, 0.25) is 0 Å². The predicted octanol–water partition coefficient (Wildman–Crippen LogP) is -1.95. The summed E-state index contributed by atoms with van der Waals surface area (Å²) in [6.45, 7) is -1.17. The van der Waals surface area contributed by atoms with Crippen LogP contribution >= 0.6 is 0 Å². The van der Waals surface area contributed by atoms with Gasteiger partial charge in [-0.1, -0.05) is 0 Å². The Morgan fingerprint density at radius 1 is 1.50 bits per heavy atom. The number of hydrogen-bond acceptors (Lipinski definition) is 3. The van der Waals surface area contributed by atoms with Gasteiger partial charge >= 0.3 is 5.97 Å². The van der Waals surface area contributed by atoms with Gasteiger partial charge in [0.15, 0.2) is 0 Å². The van der Waals surface area contributed by atoms with Crippen molar-refractivity contribution in [1.29, 1.82) is 0 Å². The zero-order chi connectivity index (χ0) is 5.21. The molecule has 0 spiro atoms. The molecule has 0 bridgehead atoms. The van der Waals surface area contributed by atoms with Gasteiger partial charge in [0.05, 0.1) is 0 Å². The van der Waals surface area contributed by atoms with E-state index in [9.17, 15) is 5.11 Å². The minimum Gasteiger partial charge on any atom is -0.388 e. The van der Waals surface area contributed by atoms with Gasteiger partial charge in [-0.2, -0.15) is 5.11 Å². The molecule has 0 amide bonds. The fraction of sp³-hybridized carbons (Fsp3) is 1.00. The Balaban J connectivity index is 3.17. The maximum absolute atomic E-state index is 9.33. The van der Waals surface area contributed by atoms with E-state index in [-0.39, 0.29) is 0 Å². The third-order valence-corrected chi connectivity index (χ3v) is 0.206. The largest absolute Gasteiger partial charge is 0.388 e. The molecule has 0 saturated carbocycles. The summed E-state index contributed by atoms with van der Waals surface area (Å²) in [6, 6.07) is 0. The molecule has 0 heterocycles. The molecule has 0 aromatic heterocycles. The van der Waals surface area contributed by atoms with Crippen LogP contribution < -0.4 is 0 Å². The molecule has 0 rings (SSSR count). The molecule has 0 aliphatic heterocycles. The van der Waals surface area contributed by atoms with Crippen LogP contribution in [-0.2, 0) is 5.11 Å². The van der Waals surface area contributed by atoms with Crippen LogP contribution in [0.5, 0.6) is 0 Å². The smallest absolute Gasteiger partial charge is 0.331 e. The van der Waals surface area contributed by atoms with E-state index in [1.54, 1.807) is 0 Å². The Bertz CT molecular complexity index is 35.3. The van der Waals surface area contributed by atoms with Gasteiger partial charge in [0.1, 0.15) is 6.61 Å². The summed E-state index contributed by atoms with van der Waals surface area (Å²) in [6.07, 6.45) is 0. The van der Waals surface area contributed by atoms with Crippen molar-refractivity contribution in [3.8, 4) is 0 Å². The van der Waals surface area contributed by atoms with Crippen molar-refractivity contribution in [2.45, 2.75) is 5.97 Å². The Kier molecular flexibility index (Phi) is 1.48. The number of hydrogen-bond donors (Lipinski definition) is 3. The van der Waals surface area contributed by atoms with E-state index in [0.29, 0.717) is 0 Å². The molecule has 0 aliphatic rings. The molecule has 1 radical (unpaired) electrons. The maximum atomic E-state index is 9.33. The van der Waals surface area contributed by atoms with E-state index in [0.717, 1.165) is 0 Å². The third kappa shape index (κ3) is 3.84. The summed E-state index contributed by atoms with van der Waals surface area (Å²) >= 11 is 0. The normalized spacial score (nSPS) is 12.0. The fourth-order valence-electron chi connectivity index (χ4n) is 0. The lowest BCUT2D eigenvalue weighted by Gasteiger charge is -2.03. The second kappa shape index (κ2) is 1.53. The molecule has 4 heteroatoms. The van der Waals surface area contributed by atoms with Crippen molar-refractivity contribution in [3.05, 3.63) is 0 Å². The van der Waals surface area contributed by atoms with Crippen LogP contribution in [0.1, 0.15) is 0 Å². The highest BCUT2D eigenvalue weighted by atomic mass is 16.7. The van der Waals surface area contributed by atoms with Crippen LogP contribution in [0.3, 0.4) is 0 Å². The topological polar surface area (TPSA) is 80.6 Å². The van der Waals surface area contributed by atoms with E-state index >= 15 is 0 Å². The van der Waals surface area contributed by atoms with E-state index in [2.05, 4.69) is 0 Å².